The Balaban J connectivity index is 1.72. The van der Waals surface area contributed by atoms with E-state index in [2.05, 4.69) is 27.3 Å². The molecule has 0 bridgehead atoms. The van der Waals surface area contributed by atoms with Crippen LogP contribution in [0.2, 0.25) is 0 Å². The highest BCUT2D eigenvalue weighted by Crippen LogP contribution is 2.22. The summed E-state index contributed by atoms with van der Waals surface area (Å²) in [6, 6.07) is 15.7. The highest BCUT2D eigenvalue weighted by molar-refractivity contribution is 5.62. The van der Waals surface area contributed by atoms with Crippen LogP contribution in [0.3, 0.4) is 0 Å². The van der Waals surface area contributed by atoms with Crippen LogP contribution in [0.15, 0.2) is 54.7 Å². The summed E-state index contributed by atoms with van der Waals surface area (Å²) in [6.07, 6.45) is 2.82. The van der Waals surface area contributed by atoms with Crippen LogP contribution in [0.25, 0.3) is 16.9 Å². The Morgan fingerprint density at radius 1 is 1.00 bits per heavy atom. The van der Waals surface area contributed by atoms with Crippen molar-refractivity contribution in [1.82, 2.24) is 15.0 Å². The average Bonchev–Trinajstić information content (AvgIpc) is 3.13. The number of hydrogen-bond acceptors (Lipinski definition) is 5. The Bertz CT molecular complexity index is 795. The van der Waals surface area contributed by atoms with E-state index < -0.39 is 0 Å². The molecule has 130 valence electrons. The molecule has 2 aromatic carbocycles. The number of benzene rings is 2. The molecule has 0 N–H and O–H groups in total. The minimum Gasteiger partial charge on any atom is -0.378 e. The van der Waals surface area contributed by atoms with Crippen LogP contribution >= 0.6 is 0 Å². The molecular formula is C19H22N4O2. The Kier molecular flexibility index (Phi) is 5.30. The zero-order chi connectivity index (χ0) is 17.6. The number of rotatable bonds is 7. The molecule has 0 atom stereocenters. The summed E-state index contributed by atoms with van der Waals surface area (Å²) in [6.45, 7) is 2.60. The van der Waals surface area contributed by atoms with Crippen LogP contribution in [0.1, 0.15) is 13.3 Å². The van der Waals surface area contributed by atoms with Gasteiger partial charge in [-0.1, -0.05) is 24.3 Å². The van der Waals surface area contributed by atoms with Gasteiger partial charge >= 0.3 is 0 Å². The van der Waals surface area contributed by atoms with E-state index in [4.69, 9.17) is 9.78 Å². The lowest BCUT2D eigenvalue weighted by molar-refractivity contribution is -0.206. The van der Waals surface area contributed by atoms with Gasteiger partial charge in [-0.3, -0.25) is 0 Å². The third kappa shape index (κ3) is 4.16. The van der Waals surface area contributed by atoms with Crippen LogP contribution in [-0.4, -0.2) is 35.7 Å². The van der Waals surface area contributed by atoms with Gasteiger partial charge in [0.25, 0.3) is 0 Å². The van der Waals surface area contributed by atoms with Crippen LogP contribution in [0.4, 0.5) is 5.69 Å². The third-order valence-corrected chi connectivity index (χ3v) is 3.72. The summed E-state index contributed by atoms with van der Waals surface area (Å²) in [5.74, 6) is 0.664. The monoisotopic (exact) mass is 338 g/mol. The Labute approximate surface area is 147 Å². The van der Waals surface area contributed by atoms with Gasteiger partial charge in [0.15, 0.2) is 5.75 Å². The molecular weight excluding hydrogens is 316 g/mol. The van der Waals surface area contributed by atoms with E-state index >= 15 is 0 Å². The quantitative estimate of drug-likeness (QED) is 0.373. The maximum atomic E-state index is 5.19. The van der Waals surface area contributed by atoms with Gasteiger partial charge in [0.05, 0.1) is 18.5 Å². The van der Waals surface area contributed by atoms with Crippen molar-refractivity contribution in [3.8, 4) is 22.7 Å². The van der Waals surface area contributed by atoms with Crippen molar-refractivity contribution in [3.63, 3.8) is 0 Å². The lowest BCUT2D eigenvalue weighted by atomic mass is 10.1. The van der Waals surface area contributed by atoms with Crippen molar-refractivity contribution in [2.24, 2.45) is 0 Å². The molecule has 0 fully saturated rings. The first-order valence-corrected chi connectivity index (χ1v) is 8.27. The van der Waals surface area contributed by atoms with Gasteiger partial charge < -0.3 is 9.79 Å². The molecule has 0 spiro atoms. The predicted octanol–water partition coefficient (Wildman–Crippen LogP) is 3.72. The molecule has 3 rings (SSSR count). The fourth-order valence-electron chi connectivity index (χ4n) is 2.30. The van der Waals surface area contributed by atoms with Crippen molar-refractivity contribution in [1.29, 1.82) is 0 Å². The smallest absolute Gasteiger partial charge is 0.165 e. The molecule has 0 aliphatic heterocycles. The summed E-state index contributed by atoms with van der Waals surface area (Å²) < 4.78 is 1.74. The number of nitrogens with zero attached hydrogens (tertiary/aromatic N) is 4. The zero-order valence-corrected chi connectivity index (χ0v) is 14.7. The molecule has 0 saturated carbocycles. The SMILES string of the molecule is CCCOOc1ccc(-n2cc(-c3ccc(N(C)C)cc3)nn2)cc1. The number of hydrogen-bond donors (Lipinski definition) is 0. The Hall–Kier alpha value is -2.86. The molecule has 0 amide bonds. The van der Waals surface area contributed by atoms with Crippen molar-refractivity contribution in [2.75, 3.05) is 25.6 Å². The topological polar surface area (TPSA) is 52.4 Å². The van der Waals surface area contributed by atoms with Gasteiger partial charge in [0.2, 0.25) is 0 Å². The molecule has 3 aromatic rings. The second kappa shape index (κ2) is 7.81. The minimum absolute atomic E-state index is 0.570. The van der Waals surface area contributed by atoms with E-state index in [1.165, 1.54) is 0 Å². The molecule has 6 nitrogen and oxygen atoms in total. The summed E-state index contributed by atoms with van der Waals surface area (Å²) in [5.41, 5.74) is 3.92. The summed E-state index contributed by atoms with van der Waals surface area (Å²) >= 11 is 0. The Morgan fingerprint density at radius 3 is 2.36 bits per heavy atom. The molecule has 6 heteroatoms. The van der Waals surface area contributed by atoms with Crippen LogP contribution < -0.4 is 9.79 Å². The van der Waals surface area contributed by atoms with Crippen LogP contribution in [0, 0.1) is 0 Å². The van der Waals surface area contributed by atoms with Crippen LogP contribution in [0.5, 0.6) is 5.75 Å². The van der Waals surface area contributed by atoms with Gasteiger partial charge in [0.1, 0.15) is 5.69 Å². The fraction of sp³-hybridized carbons (Fsp3) is 0.263. The van der Waals surface area contributed by atoms with Gasteiger partial charge in [-0.15, -0.1) is 5.10 Å². The normalized spacial score (nSPS) is 10.7. The van der Waals surface area contributed by atoms with Crippen molar-refractivity contribution in [3.05, 3.63) is 54.7 Å². The molecule has 25 heavy (non-hydrogen) atoms. The van der Waals surface area contributed by atoms with Crippen molar-refractivity contribution >= 4 is 5.69 Å². The van der Waals surface area contributed by atoms with Crippen LogP contribution in [-0.2, 0) is 4.89 Å². The lowest BCUT2D eigenvalue weighted by Crippen LogP contribution is -2.07. The summed E-state index contributed by atoms with van der Waals surface area (Å²) in [7, 11) is 4.04. The second-order valence-electron chi connectivity index (χ2n) is 5.89. The Morgan fingerprint density at radius 2 is 1.72 bits per heavy atom. The summed E-state index contributed by atoms with van der Waals surface area (Å²) in [5, 5.41) is 8.47. The lowest BCUT2D eigenvalue weighted by Gasteiger charge is -2.11. The standard InChI is InChI=1S/C19H22N4O2/c1-4-13-24-25-18-11-9-17(10-12-18)23-14-19(20-21-23)15-5-7-16(8-6-15)22(2)3/h5-12,14H,4,13H2,1-3H3. The molecule has 0 aliphatic carbocycles. The second-order valence-corrected chi connectivity index (χ2v) is 5.89. The maximum absolute atomic E-state index is 5.19. The van der Waals surface area contributed by atoms with Gasteiger partial charge in [-0.2, -0.15) is 4.89 Å². The van der Waals surface area contributed by atoms with Gasteiger partial charge in [-0.05, 0) is 42.8 Å². The predicted molar refractivity (Wildman–Crippen MR) is 98.0 cm³/mol. The van der Waals surface area contributed by atoms with E-state index in [-0.39, 0.29) is 0 Å². The molecule has 1 aromatic heterocycles. The van der Waals surface area contributed by atoms with Gasteiger partial charge in [0, 0.05) is 25.3 Å². The first-order valence-electron chi connectivity index (χ1n) is 8.27. The van der Waals surface area contributed by atoms with E-state index in [1.807, 2.05) is 63.6 Å². The highest BCUT2D eigenvalue weighted by Gasteiger charge is 2.06. The molecule has 0 radical (unpaired) electrons. The highest BCUT2D eigenvalue weighted by atomic mass is 17.2. The molecule has 0 aliphatic rings. The van der Waals surface area contributed by atoms with E-state index in [1.54, 1.807) is 4.68 Å². The first-order chi connectivity index (χ1) is 12.2. The fourth-order valence-corrected chi connectivity index (χ4v) is 2.30. The molecule has 0 saturated heterocycles. The van der Waals surface area contributed by atoms with E-state index in [0.717, 1.165) is 29.1 Å². The first kappa shape index (κ1) is 17.0. The van der Waals surface area contributed by atoms with E-state index in [9.17, 15) is 0 Å². The average molecular weight is 338 g/mol. The molecule has 0 unspecified atom stereocenters. The zero-order valence-electron chi connectivity index (χ0n) is 14.7. The summed E-state index contributed by atoms with van der Waals surface area (Å²) in [4.78, 5) is 12.3. The minimum atomic E-state index is 0.570. The van der Waals surface area contributed by atoms with Crippen molar-refractivity contribution in [2.45, 2.75) is 13.3 Å². The van der Waals surface area contributed by atoms with Gasteiger partial charge in [-0.25, -0.2) is 4.68 Å². The third-order valence-electron chi connectivity index (χ3n) is 3.72. The largest absolute Gasteiger partial charge is 0.378 e. The molecule has 1 heterocycles. The van der Waals surface area contributed by atoms with Crippen molar-refractivity contribution < 1.29 is 9.78 Å². The maximum Gasteiger partial charge on any atom is 0.165 e. The number of aromatic nitrogens is 3. The van der Waals surface area contributed by atoms with E-state index in [0.29, 0.717) is 12.4 Å². The number of anilines is 1.